The van der Waals surface area contributed by atoms with Crippen molar-refractivity contribution < 1.29 is 14.1 Å². The molecular weight excluding hydrogens is 291 g/mol. The number of rotatable bonds is 2. The Morgan fingerprint density at radius 3 is 2.55 bits per heavy atom. The highest BCUT2D eigenvalue weighted by Gasteiger charge is 2.25. The first-order chi connectivity index (χ1) is 9.00. The molecular formula is C11H14ClFN4O3. The molecule has 0 atom stereocenters. The van der Waals surface area contributed by atoms with E-state index in [-0.39, 0.29) is 23.7 Å². The molecule has 1 aromatic carbocycles. The Morgan fingerprint density at radius 2 is 2.00 bits per heavy atom. The van der Waals surface area contributed by atoms with Gasteiger partial charge in [0.25, 0.3) is 11.6 Å². The maximum absolute atomic E-state index is 13.4. The molecule has 1 heterocycles. The number of halogens is 2. The van der Waals surface area contributed by atoms with Crippen LogP contribution in [-0.4, -0.2) is 41.9 Å². The van der Waals surface area contributed by atoms with E-state index in [1.807, 2.05) is 0 Å². The Morgan fingerprint density at radius 1 is 1.40 bits per heavy atom. The predicted octanol–water partition coefficient (Wildman–Crippen LogP) is 0.783. The third-order valence-electron chi connectivity index (χ3n) is 2.95. The fourth-order valence-corrected chi connectivity index (χ4v) is 1.97. The van der Waals surface area contributed by atoms with Crippen molar-refractivity contribution in [2.45, 2.75) is 0 Å². The molecule has 3 N–H and O–H groups in total. The lowest BCUT2D eigenvalue weighted by molar-refractivity contribution is -0.384. The van der Waals surface area contributed by atoms with E-state index in [1.54, 1.807) is 0 Å². The number of amides is 1. The summed E-state index contributed by atoms with van der Waals surface area (Å²) in [6.07, 6.45) is 0. The minimum Gasteiger partial charge on any atom is -0.393 e. The van der Waals surface area contributed by atoms with Gasteiger partial charge in [0.05, 0.1) is 16.6 Å². The quantitative estimate of drug-likeness (QED) is 0.478. The molecule has 1 fully saturated rings. The lowest BCUT2D eigenvalue weighted by Gasteiger charge is -2.27. The number of anilines is 1. The predicted molar refractivity (Wildman–Crippen MR) is 73.5 cm³/mol. The lowest BCUT2D eigenvalue weighted by atomic mass is 10.1. The van der Waals surface area contributed by atoms with Crippen LogP contribution in [0.15, 0.2) is 12.1 Å². The number of hydrogen-bond donors (Lipinski definition) is 2. The van der Waals surface area contributed by atoms with Crippen molar-refractivity contribution in [3.63, 3.8) is 0 Å². The lowest BCUT2D eigenvalue weighted by Crippen LogP contribution is -2.46. The first-order valence-electron chi connectivity index (χ1n) is 5.74. The summed E-state index contributed by atoms with van der Waals surface area (Å²) in [6, 6.07) is 1.65. The smallest absolute Gasteiger partial charge is 0.295 e. The van der Waals surface area contributed by atoms with Gasteiger partial charge in [-0.1, -0.05) is 0 Å². The van der Waals surface area contributed by atoms with Crippen molar-refractivity contribution >= 4 is 29.7 Å². The van der Waals surface area contributed by atoms with Gasteiger partial charge in [-0.05, 0) is 6.07 Å². The summed E-state index contributed by atoms with van der Waals surface area (Å²) < 4.78 is 13.4. The van der Waals surface area contributed by atoms with Crippen LogP contribution in [0.5, 0.6) is 0 Å². The molecule has 0 radical (unpaired) electrons. The van der Waals surface area contributed by atoms with Gasteiger partial charge < -0.3 is 16.0 Å². The SMILES string of the molecule is Cl.Nc1c(C(=O)N2CCNCC2)cc(F)cc1[N+](=O)[O-]. The van der Waals surface area contributed by atoms with Gasteiger partial charge in [0.2, 0.25) is 0 Å². The van der Waals surface area contributed by atoms with Crippen LogP contribution >= 0.6 is 12.4 Å². The number of carbonyl (C=O) groups excluding carboxylic acids is 1. The summed E-state index contributed by atoms with van der Waals surface area (Å²) in [5.74, 6) is -1.33. The van der Waals surface area contributed by atoms with Crippen LogP contribution in [0.2, 0.25) is 0 Å². The minimum atomic E-state index is -0.848. The molecule has 0 spiro atoms. The molecule has 0 unspecified atom stereocenters. The van der Waals surface area contributed by atoms with E-state index in [0.717, 1.165) is 6.07 Å². The van der Waals surface area contributed by atoms with Crippen LogP contribution in [-0.2, 0) is 0 Å². The van der Waals surface area contributed by atoms with E-state index in [4.69, 9.17) is 5.73 Å². The highest BCUT2D eigenvalue weighted by molar-refractivity contribution is 6.01. The summed E-state index contributed by atoms with van der Waals surface area (Å²) >= 11 is 0. The standard InChI is InChI=1S/C11H13FN4O3.ClH/c12-7-5-8(10(13)9(6-7)16(18)19)11(17)15-3-1-14-2-4-15;/h5-6,14H,1-4,13H2;1H. The second-order valence-electron chi connectivity index (χ2n) is 4.19. The Labute approximate surface area is 120 Å². The molecule has 0 aromatic heterocycles. The van der Waals surface area contributed by atoms with Crippen LogP contribution < -0.4 is 11.1 Å². The number of nitro groups is 1. The molecule has 1 aromatic rings. The van der Waals surface area contributed by atoms with Crippen LogP contribution in [0.3, 0.4) is 0 Å². The van der Waals surface area contributed by atoms with Crippen molar-refractivity contribution in [1.29, 1.82) is 0 Å². The van der Waals surface area contributed by atoms with E-state index in [9.17, 15) is 19.3 Å². The van der Waals surface area contributed by atoms with Gasteiger partial charge >= 0.3 is 0 Å². The van der Waals surface area contributed by atoms with E-state index in [1.165, 1.54) is 4.90 Å². The van der Waals surface area contributed by atoms with Gasteiger partial charge in [0.15, 0.2) is 0 Å². The second kappa shape index (κ2) is 6.49. The molecule has 20 heavy (non-hydrogen) atoms. The average molecular weight is 305 g/mol. The Kier molecular flexibility index (Phi) is 5.23. The monoisotopic (exact) mass is 304 g/mol. The number of piperazine rings is 1. The van der Waals surface area contributed by atoms with Crippen molar-refractivity contribution in [2.24, 2.45) is 0 Å². The molecule has 0 saturated carbocycles. The molecule has 9 heteroatoms. The highest BCUT2D eigenvalue weighted by atomic mass is 35.5. The molecule has 1 aliphatic rings. The largest absolute Gasteiger partial charge is 0.393 e. The Hall–Kier alpha value is -1.93. The summed E-state index contributed by atoms with van der Waals surface area (Å²) in [7, 11) is 0. The number of nitrogens with zero attached hydrogens (tertiary/aromatic N) is 2. The first-order valence-corrected chi connectivity index (χ1v) is 5.74. The van der Waals surface area contributed by atoms with Crippen molar-refractivity contribution in [3.8, 4) is 0 Å². The zero-order valence-corrected chi connectivity index (χ0v) is 11.3. The molecule has 2 rings (SSSR count). The fraction of sp³-hybridized carbons (Fsp3) is 0.364. The maximum Gasteiger partial charge on any atom is 0.295 e. The number of nitro benzene ring substituents is 1. The van der Waals surface area contributed by atoms with E-state index < -0.39 is 22.3 Å². The van der Waals surface area contributed by atoms with Crippen LogP contribution in [0.25, 0.3) is 0 Å². The fourth-order valence-electron chi connectivity index (χ4n) is 1.97. The Bertz CT molecular complexity index is 535. The van der Waals surface area contributed by atoms with Crippen LogP contribution in [0.4, 0.5) is 15.8 Å². The van der Waals surface area contributed by atoms with Crippen molar-refractivity contribution in [3.05, 3.63) is 33.6 Å². The molecule has 0 bridgehead atoms. The van der Waals surface area contributed by atoms with Gasteiger partial charge in [-0.15, -0.1) is 12.4 Å². The molecule has 110 valence electrons. The molecule has 1 aliphatic heterocycles. The number of nitrogens with two attached hydrogens (primary N) is 1. The van der Waals surface area contributed by atoms with Gasteiger partial charge in [-0.3, -0.25) is 14.9 Å². The number of nitrogens with one attached hydrogen (secondary N) is 1. The van der Waals surface area contributed by atoms with Gasteiger partial charge in [0, 0.05) is 26.2 Å². The van der Waals surface area contributed by atoms with Crippen molar-refractivity contribution in [1.82, 2.24) is 10.2 Å². The number of carbonyl (C=O) groups is 1. The topological polar surface area (TPSA) is 102 Å². The third kappa shape index (κ3) is 3.14. The molecule has 7 nitrogen and oxygen atoms in total. The van der Waals surface area contributed by atoms with E-state index >= 15 is 0 Å². The Balaban J connectivity index is 0.00000200. The summed E-state index contributed by atoms with van der Waals surface area (Å²) in [5, 5.41) is 13.8. The van der Waals surface area contributed by atoms with Crippen LogP contribution in [0, 0.1) is 15.9 Å². The zero-order valence-electron chi connectivity index (χ0n) is 10.5. The van der Waals surface area contributed by atoms with Gasteiger partial charge in [-0.2, -0.15) is 0 Å². The van der Waals surface area contributed by atoms with Crippen molar-refractivity contribution in [2.75, 3.05) is 31.9 Å². The van der Waals surface area contributed by atoms with E-state index in [2.05, 4.69) is 5.32 Å². The average Bonchev–Trinajstić information content (AvgIpc) is 2.41. The zero-order chi connectivity index (χ0) is 14.0. The molecule has 0 aliphatic carbocycles. The minimum absolute atomic E-state index is 0. The number of nitrogen functional groups attached to an aromatic ring is 1. The molecule has 1 amide bonds. The third-order valence-corrected chi connectivity index (χ3v) is 2.95. The van der Waals surface area contributed by atoms with Gasteiger partial charge in [-0.25, -0.2) is 4.39 Å². The van der Waals surface area contributed by atoms with Gasteiger partial charge in [0.1, 0.15) is 11.5 Å². The normalized spacial score (nSPS) is 14.6. The number of benzene rings is 1. The first kappa shape index (κ1) is 16.1. The highest BCUT2D eigenvalue weighted by Crippen LogP contribution is 2.27. The maximum atomic E-state index is 13.4. The van der Waals surface area contributed by atoms with E-state index in [0.29, 0.717) is 32.2 Å². The van der Waals surface area contributed by atoms with Crippen LogP contribution in [0.1, 0.15) is 10.4 Å². The summed E-state index contributed by atoms with van der Waals surface area (Å²) in [5.41, 5.74) is 4.55. The second-order valence-corrected chi connectivity index (χ2v) is 4.19. The number of hydrogen-bond acceptors (Lipinski definition) is 5. The summed E-state index contributed by atoms with van der Waals surface area (Å²) in [4.78, 5) is 23.6. The molecule has 1 saturated heterocycles. The summed E-state index contributed by atoms with van der Waals surface area (Å²) in [6.45, 7) is 2.18.